The lowest BCUT2D eigenvalue weighted by molar-refractivity contribution is -0.121. The van der Waals surface area contributed by atoms with E-state index in [4.69, 9.17) is 0 Å². The molecule has 0 radical (unpaired) electrons. The van der Waals surface area contributed by atoms with E-state index < -0.39 is 0 Å². The number of carbonyl (C=O) groups is 1. The fourth-order valence-corrected chi connectivity index (χ4v) is 3.95. The van der Waals surface area contributed by atoms with Crippen molar-refractivity contribution in [2.45, 2.75) is 96.8 Å². The van der Waals surface area contributed by atoms with Crippen LogP contribution in [0.1, 0.15) is 96.8 Å². The van der Waals surface area contributed by atoms with Crippen LogP contribution in [0.4, 0.5) is 0 Å². The van der Waals surface area contributed by atoms with Gasteiger partial charge in [0.25, 0.3) is 0 Å². The summed E-state index contributed by atoms with van der Waals surface area (Å²) in [6, 6.07) is 0. The van der Waals surface area contributed by atoms with Gasteiger partial charge in [-0.2, -0.15) is 5.10 Å². The summed E-state index contributed by atoms with van der Waals surface area (Å²) >= 11 is 0. The van der Waals surface area contributed by atoms with Crippen LogP contribution in [-0.4, -0.2) is 11.6 Å². The van der Waals surface area contributed by atoms with Crippen LogP contribution in [0.25, 0.3) is 0 Å². The van der Waals surface area contributed by atoms with E-state index in [1.807, 2.05) is 0 Å². The summed E-state index contributed by atoms with van der Waals surface area (Å²) < 4.78 is 0. The van der Waals surface area contributed by atoms with E-state index in [0.29, 0.717) is 12.3 Å². The fourth-order valence-electron chi connectivity index (χ4n) is 3.95. The number of unbranched alkanes of at least 4 members (excludes halogenated alkanes) is 8. The maximum Gasteiger partial charge on any atom is 0.240 e. The second-order valence-electron chi connectivity index (χ2n) is 7.30. The van der Waals surface area contributed by atoms with Crippen molar-refractivity contribution in [3.63, 3.8) is 0 Å². The molecule has 1 N–H and O–H groups in total. The zero-order valence-electron chi connectivity index (χ0n) is 14.4. The predicted octanol–water partition coefficient (Wildman–Crippen LogP) is 5.20. The van der Waals surface area contributed by atoms with Crippen molar-refractivity contribution < 1.29 is 4.79 Å². The SMILES string of the molecule is CCCCCCCCCCCC(=O)N/N=C1\CC2CCC1C2. The second kappa shape index (κ2) is 10.0. The minimum absolute atomic E-state index is 0.109. The van der Waals surface area contributed by atoms with Crippen LogP contribution in [0.15, 0.2) is 5.10 Å². The molecule has 0 saturated heterocycles. The molecular formula is C19H34N2O. The van der Waals surface area contributed by atoms with E-state index in [-0.39, 0.29) is 5.91 Å². The lowest BCUT2D eigenvalue weighted by Gasteiger charge is -2.11. The summed E-state index contributed by atoms with van der Waals surface area (Å²) in [4.78, 5) is 11.8. The average molecular weight is 306 g/mol. The summed E-state index contributed by atoms with van der Waals surface area (Å²) in [5.74, 6) is 1.65. The second-order valence-corrected chi connectivity index (χ2v) is 7.30. The van der Waals surface area contributed by atoms with E-state index in [2.05, 4.69) is 17.5 Å². The van der Waals surface area contributed by atoms with E-state index >= 15 is 0 Å². The third kappa shape index (κ3) is 6.10. The van der Waals surface area contributed by atoms with Crippen LogP contribution in [0.3, 0.4) is 0 Å². The highest BCUT2D eigenvalue weighted by atomic mass is 16.2. The number of hydrogen-bond donors (Lipinski definition) is 1. The maximum absolute atomic E-state index is 11.8. The van der Waals surface area contributed by atoms with Gasteiger partial charge in [0.15, 0.2) is 0 Å². The largest absolute Gasteiger partial charge is 0.273 e. The van der Waals surface area contributed by atoms with Gasteiger partial charge in [0.2, 0.25) is 5.91 Å². The Bertz CT molecular complexity index is 364. The Balaban J connectivity index is 1.42. The Morgan fingerprint density at radius 1 is 1.05 bits per heavy atom. The highest BCUT2D eigenvalue weighted by Crippen LogP contribution is 2.42. The van der Waals surface area contributed by atoms with Crippen molar-refractivity contribution in [3.8, 4) is 0 Å². The van der Waals surface area contributed by atoms with Crippen LogP contribution >= 0.6 is 0 Å². The Morgan fingerprint density at radius 3 is 2.32 bits per heavy atom. The molecule has 2 bridgehead atoms. The molecule has 0 heterocycles. The smallest absolute Gasteiger partial charge is 0.240 e. The number of hydrogen-bond acceptors (Lipinski definition) is 2. The summed E-state index contributed by atoms with van der Waals surface area (Å²) in [6.07, 6.45) is 17.4. The van der Waals surface area contributed by atoms with Crippen LogP contribution < -0.4 is 5.43 Å². The van der Waals surface area contributed by atoms with E-state index in [9.17, 15) is 4.79 Å². The molecule has 126 valence electrons. The van der Waals surface area contributed by atoms with Gasteiger partial charge in [-0.05, 0) is 43.9 Å². The molecule has 22 heavy (non-hydrogen) atoms. The molecule has 2 rings (SSSR count). The van der Waals surface area contributed by atoms with Gasteiger partial charge < -0.3 is 0 Å². The minimum atomic E-state index is 0.109. The van der Waals surface area contributed by atoms with Crippen LogP contribution in [-0.2, 0) is 4.79 Å². The van der Waals surface area contributed by atoms with Gasteiger partial charge >= 0.3 is 0 Å². The van der Waals surface area contributed by atoms with Crippen molar-refractivity contribution in [2.24, 2.45) is 16.9 Å². The molecule has 3 heteroatoms. The zero-order valence-corrected chi connectivity index (χ0v) is 14.4. The molecule has 0 spiro atoms. The summed E-state index contributed by atoms with van der Waals surface area (Å²) in [7, 11) is 0. The first-order valence-electron chi connectivity index (χ1n) is 9.65. The number of carbonyl (C=O) groups excluding carboxylic acids is 1. The molecule has 2 unspecified atom stereocenters. The molecular weight excluding hydrogens is 272 g/mol. The van der Waals surface area contributed by atoms with Crippen molar-refractivity contribution in [1.82, 2.24) is 5.43 Å². The summed E-state index contributed by atoms with van der Waals surface area (Å²) in [5.41, 5.74) is 4.04. The highest BCUT2D eigenvalue weighted by molar-refractivity contribution is 5.90. The normalized spacial score (nSPS) is 25.0. The van der Waals surface area contributed by atoms with Crippen molar-refractivity contribution in [3.05, 3.63) is 0 Å². The predicted molar refractivity (Wildman–Crippen MR) is 92.9 cm³/mol. The third-order valence-corrected chi connectivity index (χ3v) is 5.34. The van der Waals surface area contributed by atoms with Gasteiger partial charge in [-0.15, -0.1) is 0 Å². The lowest BCUT2D eigenvalue weighted by atomic mass is 9.99. The number of nitrogens with one attached hydrogen (secondary N) is 1. The Labute approximate surface area is 136 Å². The van der Waals surface area contributed by atoms with Gasteiger partial charge in [-0.25, -0.2) is 5.43 Å². The van der Waals surface area contributed by atoms with Gasteiger partial charge in [0.1, 0.15) is 0 Å². The molecule has 3 nitrogen and oxygen atoms in total. The molecule has 2 aliphatic rings. The molecule has 2 saturated carbocycles. The Kier molecular flexibility index (Phi) is 7.96. The Hall–Kier alpha value is -0.860. The standard InChI is InChI=1S/C19H34N2O/c1-2-3-4-5-6-7-8-9-10-11-19(22)21-20-18-15-16-12-13-17(18)14-16/h16-17H,2-15H2,1H3,(H,21,22)/b20-18+. The molecule has 2 atom stereocenters. The molecule has 2 fully saturated rings. The summed E-state index contributed by atoms with van der Waals surface area (Å²) in [6.45, 7) is 2.26. The molecule has 2 aliphatic carbocycles. The minimum Gasteiger partial charge on any atom is -0.273 e. The quantitative estimate of drug-likeness (QED) is 0.414. The first-order valence-corrected chi connectivity index (χ1v) is 9.65. The highest BCUT2D eigenvalue weighted by Gasteiger charge is 2.36. The molecule has 0 aromatic carbocycles. The van der Waals surface area contributed by atoms with E-state index in [1.165, 1.54) is 76.3 Å². The summed E-state index contributed by atoms with van der Waals surface area (Å²) in [5, 5.41) is 4.38. The van der Waals surface area contributed by atoms with Gasteiger partial charge in [0.05, 0.1) is 0 Å². The Morgan fingerprint density at radius 2 is 1.73 bits per heavy atom. The number of fused-ring (bicyclic) bond motifs is 2. The molecule has 1 amide bonds. The van der Waals surface area contributed by atoms with Gasteiger partial charge in [0, 0.05) is 12.1 Å². The van der Waals surface area contributed by atoms with Crippen LogP contribution in [0.5, 0.6) is 0 Å². The van der Waals surface area contributed by atoms with E-state index in [0.717, 1.165) is 18.8 Å². The molecule has 0 aliphatic heterocycles. The van der Waals surface area contributed by atoms with Gasteiger partial charge in [-0.3, -0.25) is 4.79 Å². The lowest BCUT2D eigenvalue weighted by Crippen LogP contribution is -2.21. The topological polar surface area (TPSA) is 41.5 Å². The van der Waals surface area contributed by atoms with Crippen LogP contribution in [0, 0.1) is 11.8 Å². The monoisotopic (exact) mass is 306 g/mol. The van der Waals surface area contributed by atoms with Crippen molar-refractivity contribution >= 4 is 11.6 Å². The van der Waals surface area contributed by atoms with Crippen LogP contribution in [0.2, 0.25) is 0 Å². The first kappa shape index (κ1) is 17.5. The number of rotatable bonds is 11. The average Bonchev–Trinajstić information content (AvgIpc) is 3.14. The molecule has 0 aromatic heterocycles. The number of amides is 1. The maximum atomic E-state index is 11.8. The third-order valence-electron chi connectivity index (χ3n) is 5.34. The van der Waals surface area contributed by atoms with E-state index in [1.54, 1.807) is 0 Å². The van der Waals surface area contributed by atoms with Crippen molar-refractivity contribution in [2.75, 3.05) is 0 Å². The number of nitrogens with zero attached hydrogens (tertiary/aromatic N) is 1. The molecule has 0 aromatic rings. The van der Waals surface area contributed by atoms with Crippen molar-refractivity contribution in [1.29, 1.82) is 0 Å². The number of hydrazone groups is 1. The zero-order chi connectivity index (χ0) is 15.6. The fraction of sp³-hybridized carbons (Fsp3) is 0.895. The first-order chi connectivity index (χ1) is 10.8. The van der Waals surface area contributed by atoms with Gasteiger partial charge in [-0.1, -0.05) is 58.3 Å².